The van der Waals surface area contributed by atoms with Crippen molar-refractivity contribution in [2.45, 2.75) is 116 Å². The molecule has 0 radical (unpaired) electrons. The van der Waals surface area contributed by atoms with E-state index in [1.165, 1.54) is 206 Å². The number of hydrogen-bond acceptors (Lipinski definition) is 2. The molecule has 0 heterocycles. The fourth-order valence-corrected chi connectivity index (χ4v) is 21.5. The lowest BCUT2D eigenvalue weighted by molar-refractivity contribution is 0.425. The van der Waals surface area contributed by atoms with Crippen molar-refractivity contribution >= 4 is 28.5 Å². The average molecular weight is 1590 g/mol. The summed E-state index contributed by atoms with van der Waals surface area (Å²) in [5.41, 5.74) is 50.2. The predicted octanol–water partition coefficient (Wildman–Crippen LogP) is 29.0. The molecule has 0 atom stereocenters. The second-order valence-corrected chi connectivity index (χ2v) is 37.5. The molecule has 22 rings (SSSR count). The van der Waals surface area contributed by atoms with Gasteiger partial charge in [0, 0.05) is 37.0 Å². The lowest BCUT2D eigenvalue weighted by atomic mass is 9.75. The largest absolute Gasteiger partial charge is 0.488 e. The number of benzene rings is 16. The van der Waals surface area contributed by atoms with Crippen LogP contribution in [0.3, 0.4) is 0 Å². The number of rotatable bonds is 8. The molecule has 16 aromatic rings. The molecule has 0 amide bonds. The summed E-state index contributed by atoms with van der Waals surface area (Å²) < 4.78 is 1.14. The first-order valence-corrected chi connectivity index (χ1v) is 42.5. The van der Waals surface area contributed by atoms with E-state index in [9.17, 15) is 10.0 Å². The molecule has 0 saturated heterocycles. The van der Waals surface area contributed by atoms with Crippen LogP contribution in [0, 0.1) is 0 Å². The number of fused-ring (bicyclic) bond motifs is 18. The highest BCUT2D eigenvalue weighted by Gasteiger charge is 2.43. The van der Waals surface area contributed by atoms with Gasteiger partial charge in [0.2, 0.25) is 0 Å². The minimum absolute atomic E-state index is 0.00779. The maximum Gasteiger partial charge on any atom is 0.488 e. The lowest BCUT2D eigenvalue weighted by Crippen LogP contribution is -2.31. The third-order valence-electron chi connectivity index (χ3n) is 27.8. The van der Waals surface area contributed by atoms with Crippen molar-refractivity contribution < 1.29 is 10.0 Å². The normalized spacial score (nSPS) is 15.3. The first-order valence-electron chi connectivity index (χ1n) is 41.8. The smallest absolute Gasteiger partial charge is 0.423 e. The van der Waals surface area contributed by atoms with E-state index in [0.717, 1.165) is 10.0 Å². The molecule has 6 aliphatic carbocycles. The maximum atomic E-state index is 9.67. The molecule has 0 aromatic heterocycles. The van der Waals surface area contributed by atoms with Gasteiger partial charge >= 0.3 is 7.12 Å². The summed E-state index contributed by atoms with van der Waals surface area (Å²) in [5, 5.41) is 19.3. The molecule has 6 aliphatic rings. The van der Waals surface area contributed by atoms with Gasteiger partial charge in [-0.1, -0.05) is 378 Å². The van der Waals surface area contributed by atoms with Gasteiger partial charge in [0.25, 0.3) is 0 Å². The van der Waals surface area contributed by atoms with Gasteiger partial charge in [-0.2, -0.15) is 0 Å². The first kappa shape index (κ1) is 74.8. The standard InChI is InChI=1S/C57H46.C30H27BO2.C27H21Br/c1-55(2)49-19-13-12-18-43(49)44-25-20-36(30-50(44)55)37-21-26-45-46-27-22-38(32-52(46)56(3,4)51(45)31-37)39-23-28-47-48-29-24-40(34-54(48)57(5,6)53(47)33-39)42-17-11-10-16-41(42)35-14-8-7-9-15-35;1-29(2)25-8-6-5-7-21(25)22-12-9-18(15-26(22)29)19-10-13-23-24-14-11-20(31(32)33)17-28(24)30(3,4)27(23)16-19;1-27(2)25-16-19(12-14-23(25)24-15-13-20(28)17-26(24)27)22-11-7-6-10-21(22)18-8-4-3-5-9-18/h7-34H,1-6H3;5-17,32-33H,1-4H3;3-17H,1-2H3. The molecular formula is C114H94BBrO2. The molecule has 2 N–H and O–H groups in total. The highest BCUT2D eigenvalue weighted by atomic mass is 79.9. The summed E-state index contributed by atoms with van der Waals surface area (Å²) in [6, 6.07) is 125. The molecule has 4 heteroatoms. The van der Waals surface area contributed by atoms with Gasteiger partial charge in [0.05, 0.1) is 0 Å². The van der Waals surface area contributed by atoms with Crippen LogP contribution in [0.25, 0.3) is 145 Å². The van der Waals surface area contributed by atoms with Crippen LogP contribution < -0.4 is 5.46 Å². The summed E-state index contributed by atoms with van der Waals surface area (Å²) >= 11 is 3.65. The van der Waals surface area contributed by atoms with Crippen LogP contribution in [0.5, 0.6) is 0 Å². The summed E-state index contributed by atoms with van der Waals surface area (Å²) in [4.78, 5) is 0. The Bertz CT molecular complexity index is 6840. The van der Waals surface area contributed by atoms with Crippen LogP contribution in [0.15, 0.2) is 344 Å². The van der Waals surface area contributed by atoms with Gasteiger partial charge in [-0.25, -0.2) is 0 Å². The van der Waals surface area contributed by atoms with Gasteiger partial charge in [-0.05, 0) is 278 Å². The Balaban J connectivity index is 0.000000124. The summed E-state index contributed by atoms with van der Waals surface area (Å²) in [6.45, 7) is 28.1. The quantitative estimate of drug-likeness (QED) is 0.149. The van der Waals surface area contributed by atoms with Crippen LogP contribution in [-0.2, 0) is 32.5 Å². The van der Waals surface area contributed by atoms with Crippen LogP contribution >= 0.6 is 15.9 Å². The molecule has 572 valence electrons. The van der Waals surface area contributed by atoms with Crippen LogP contribution in [0.1, 0.15) is 150 Å². The molecule has 0 unspecified atom stereocenters. The van der Waals surface area contributed by atoms with E-state index in [0.29, 0.717) is 5.46 Å². The fourth-order valence-electron chi connectivity index (χ4n) is 21.1. The molecular weight excluding hydrogens is 1490 g/mol. The average Bonchev–Trinajstić information content (AvgIpc) is 1.59. The summed E-state index contributed by atoms with van der Waals surface area (Å²) in [7, 11) is -1.45. The zero-order valence-electron chi connectivity index (χ0n) is 69.2. The summed E-state index contributed by atoms with van der Waals surface area (Å²) in [5.74, 6) is 0. The second-order valence-electron chi connectivity index (χ2n) is 36.6. The Labute approximate surface area is 704 Å². The van der Waals surface area contributed by atoms with Gasteiger partial charge in [0.1, 0.15) is 0 Å². The van der Waals surface area contributed by atoms with E-state index in [1.54, 1.807) is 0 Å². The fraction of sp³-hybridized carbons (Fsp3) is 0.158. The number of halogens is 1. The van der Waals surface area contributed by atoms with E-state index in [-0.39, 0.29) is 32.5 Å². The van der Waals surface area contributed by atoms with Crippen LogP contribution in [0.4, 0.5) is 0 Å². The topological polar surface area (TPSA) is 40.5 Å². The van der Waals surface area contributed by atoms with Gasteiger partial charge < -0.3 is 10.0 Å². The third kappa shape index (κ3) is 11.8. The van der Waals surface area contributed by atoms with Crippen LogP contribution in [-0.4, -0.2) is 17.2 Å². The second kappa shape index (κ2) is 27.6. The Morgan fingerprint density at radius 2 is 0.364 bits per heavy atom. The maximum absolute atomic E-state index is 9.67. The minimum atomic E-state index is -1.45. The van der Waals surface area contributed by atoms with Crippen LogP contribution in [0.2, 0.25) is 0 Å². The van der Waals surface area contributed by atoms with E-state index in [1.807, 2.05) is 18.2 Å². The highest BCUT2D eigenvalue weighted by molar-refractivity contribution is 9.10. The Morgan fingerprint density at radius 3 is 0.653 bits per heavy atom. The van der Waals surface area contributed by atoms with E-state index < -0.39 is 7.12 Å². The SMILES string of the molecule is CC1(C)c2cc(Br)ccc2-c2ccc(-c3ccccc3-c3ccccc3)cc21.CC1(C)c2ccccc2-c2ccc(-c3ccc4c(c3)C(C)(C)c3cc(-c5ccc6c(c5)C(C)(C)c5cc(-c7ccccc7-c7ccccc7)ccc5-6)ccc3-4)cc21.CC1(C)c2ccccc2-c2ccc(-c3ccc4c(c3)C(C)(C)c3cc(B(O)O)ccc3-4)cc21. The molecule has 0 fully saturated rings. The molecule has 0 spiro atoms. The zero-order chi connectivity index (χ0) is 81.3. The van der Waals surface area contributed by atoms with Crippen molar-refractivity contribution in [1.29, 1.82) is 0 Å². The lowest BCUT2D eigenvalue weighted by Gasteiger charge is -2.24. The third-order valence-corrected chi connectivity index (χ3v) is 28.3. The predicted molar refractivity (Wildman–Crippen MR) is 500 cm³/mol. The van der Waals surface area contributed by atoms with Crippen molar-refractivity contribution in [1.82, 2.24) is 0 Å². The van der Waals surface area contributed by atoms with Gasteiger partial charge in [0.15, 0.2) is 0 Å². The van der Waals surface area contributed by atoms with Crippen molar-refractivity contribution in [3.8, 4) is 145 Å². The Hall–Kier alpha value is -12.0. The van der Waals surface area contributed by atoms with Gasteiger partial charge in [-0.3, -0.25) is 0 Å². The van der Waals surface area contributed by atoms with Crippen molar-refractivity contribution in [3.63, 3.8) is 0 Å². The van der Waals surface area contributed by atoms with E-state index >= 15 is 0 Å². The molecule has 16 aromatic carbocycles. The van der Waals surface area contributed by atoms with Gasteiger partial charge in [-0.15, -0.1) is 0 Å². The van der Waals surface area contributed by atoms with E-state index in [2.05, 4.69) is 421 Å². The van der Waals surface area contributed by atoms with Crippen molar-refractivity contribution in [2.24, 2.45) is 0 Å². The molecule has 2 nitrogen and oxygen atoms in total. The number of hydrogen-bond donors (Lipinski definition) is 2. The minimum Gasteiger partial charge on any atom is -0.423 e. The van der Waals surface area contributed by atoms with E-state index in [4.69, 9.17) is 0 Å². The van der Waals surface area contributed by atoms with Crippen molar-refractivity contribution in [2.75, 3.05) is 0 Å². The highest BCUT2D eigenvalue weighted by Crippen LogP contribution is 2.58. The Morgan fingerprint density at radius 1 is 0.169 bits per heavy atom. The molecule has 0 saturated carbocycles. The molecule has 118 heavy (non-hydrogen) atoms. The molecule has 0 aliphatic heterocycles. The summed E-state index contributed by atoms with van der Waals surface area (Å²) in [6.07, 6.45) is 0. The first-order chi connectivity index (χ1) is 56.8. The molecule has 0 bridgehead atoms. The zero-order valence-corrected chi connectivity index (χ0v) is 70.8. The monoisotopic (exact) mass is 1580 g/mol. The van der Waals surface area contributed by atoms with Crippen molar-refractivity contribution in [3.05, 3.63) is 411 Å². The Kier molecular flexibility index (Phi) is 17.5.